The van der Waals surface area contributed by atoms with Gasteiger partial charge >= 0.3 is 0 Å². The van der Waals surface area contributed by atoms with Crippen molar-refractivity contribution in [1.82, 2.24) is 20.4 Å². The third-order valence-corrected chi connectivity index (χ3v) is 4.72. The Morgan fingerprint density at radius 3 is 2.52 bits per heavy atom. The first kappa shape index (κ1) is 25.2. The average Bonchev–Trinajstić information content (AvgIpc) is 3.00. The van der Waals surface area contributed by atoms with Crippen LogP contribution in [-0.4, -0.2) is 45.8 Å². The molecule has 0 fully saturated rings. The Labute approximate surface area is 193 Å². The molecule has 1 aromatic carbocycles. The molecular weight excluding hydrogens is 503 g/mol. The van der Waals surface area contributed by atoms with Gasteiger partial charge in [0.1, 0.15) is 0 Å². The lowest BCUT2D eigenvalue weighted by atomic mass is 10.2. The number of nitro benzene ring substituents is 1. The molecule has 10 heteroatoms. The maximum Gasteiger partial charge on any atom is 0.269 e. The second kappa shape index (κ2) is 13.4. The van der Waals surface area contributed by atoms with E-state index in [2.05, 4.69) is 40.0 Å². The van der Waals surface area contributed by atoms with Crippen LogP contribution in [0.1, 0.15) is 23.4 Å². The van der Waals surface area contributed by atoms with E-state index in [1.54, 1.807) is 23.9 Å². The van der Waals surface area contributed by atoms with Gasteiger partial charge < -0.3 is 10.6 Å². The smallest absolute Gasteiger partial charge is 0.269 e. The third-order valence-electron chi connectivity index (χ3n) is 4.11. The van der Waals surface area contributed by atoms with Gasteiger partial charge in [0.15, 0.2) is 5.96 Å². The first-order valence-corrected chi connectivity index (χ1v) is 10.6. The van der Waals surface area contributed by atoms with Crippen molar-refractivity contribution in [3.63, 3.8) is 0 Å². The highest BCUT2D eigenvalue weighted by atomic mass is 127. The number of non-ortho nitro benzene ring substituents is 1. The minimum absolute atomic E-state index is 0. The molecule has 2 N–H and O–H groups in total. The van der Waals surface area contributed by atoms with Crippen LogP contribution in [0.25, 0.3) is 0 Å². The number of nitrogens with one attached hydrogen (secondary N) is 2. The molecule has 0 aliphatic carbocycles. The number of hydrogen-bond acceptors (Lipinski definition) is 5. The van der Waals surface area contributed by atoms with Crippen LogP contribution in [0.3, 0.4) is 0 Å². The van der Waals surface area contributed by atoms with E-state index in [0.29, 0.717) is 6.54 Å². The van der Waals surface area contributed by atoms with Crippen molar-refractivity contribution < 1.29 is 4.92 Å². The number of guanidine groups is 1. The zero-order chi connectivity index (χ0) is 20.4. The molecule has 0 amide bonds. The summed E-state index contributed by atoms with van der Waals surface area (Å²) in [5, 5.41) is 21.9. The van der Waals surface area contributed by atoms with Gasteiger partial charge in [-0.3, -0.25) is 14.8 Å². The zero-order valence-corrected chi connectivity index (χ0v) is 20.2. The Bertz CT molecular complexity index is 794. The molecule has 0 saturated heterocycles. The van der Waals surface area contributed by atoms with E-state index in [1.807, 2.05) is 11.6 Å². The Hall–Kier alpha value is -1.82. The van der Waals surface area contributed by atoms with Gasteiger partial charge in [-0.1, -0.05) is 12.1 Å². The maximum absolute atomic E-state index is 10.7. The van der Waals surface area contributed by atoms with Crippen molar-refractivity contribution in [2.75, 3.05) is 25.1 Å². The van der Waals surface area contributed by atoms with Crippen LogP contribution in [0.15, 0.2) is 35.3 Å². The van der Waals surface area contributed by atoms with Crippen molar-refractivity contribution >= 4 is 47.4 Å². The maximum atomic E-state index is 10.7. The number of rotatable bonds is 10. The Morgan fingerprint density at radius 1 is 1.24 bits per heavy atom. The summed E-state index contributed by atoms with van der Waals surface area (Å²) in [5.41, 5.74) is 3.23. The number of nitrogens with zero attached hydrogens (tertiary/aromatic N) is 4. The van der Waals surface area contributed by atoms with Crippen LogP contribution in [-0.2, 0) is 13.1 Å². The Balaban J connectivity index is 0.00000420. The molecule has 0 aliphatic heterocycles. The van der Waals surface area contributed by atoms with Crippen LogP contribution < -0.4 is 10.6 Å². The molecular formula is C19H29IN6O2S. The normalized spacial score (nSPS) is 11.1. The van der Waals surface area contributed by atoms with E-state index < -0.39 is 4.92 Å². The number of aryl methyl sites for hydroxylation is 3. The van der Waals surface area contributed by atoms with Crippen molar-refractivity contribution in [1.29, 1.82) is 0 Å². The van der Waals surface area contributed by atoms with Crippen molar-refractivity contribution in [3.05, 3.63) is 57.4 Å². The van der Waals surface area contributed by atoms with Gasteiger partial charge in [0.05, 0.1) is 17.2 Å². The first-order chi connectivity index (χ1) is 13.5. The summed E-state index contributed by atoms with van der Waals surface area (Å²) in [6.07, 6.45) is 3.00. The molecule has 160 valence electrons. The lowest BCUT2D eigenvalue weighted by Gasteiger charge is -2.13. The minimum atomic E-state index is -0.396. The quantitative estimate of drug-likeness (QED) is 0.121. The van der Waals surface area contributed by atoms with Gasteiger partial charge in [-0.25, -0.2) is 4.99 Å². The monoisotopic (exact) mass is 532 g/mol. The van der Waals surface area contributed by atoms with E-state index in [-0.39, 0.29) is 29.7 Å². The second-order valence-corrected chi connectivity index (χ2v) is 7.42. The van der Waals surface area contributed by atoms with Crippen molar-refractivity contribution in [2.24, 2.45) is 4.99 Å². The fourth-order valence-corrected chi connectivity index (χ4v) is 2.98. The summed E-state index contributed by atoms with van der Waals surface area (Å²) in [7, 11) is 0. The Morgan fingerprint density at radius 2 is 1.93 bits per heavy atom. The molecule has 0 unspecified atom stereocenters. The highest BCUT2D eigenvalue weighted by Gasteiger charge is 2.05. The number of hydrogen-bond donors (Lipinski definition) is 2. The first-order valence-electron chi connectivity index (χ1n) is 9.25. The second-order valence-electron chi connectivity index (χ2n) is 6.44. The fraction of sp³-hybridized carbons (Fsp3) is 0.474. The predicted molar refractivity (Wildman–Crippen MR) is 130 cm³/mol. The van der Waals surface area contributed by atoms with Gasteiger partial charge in [-0.2, -0.15) is 16.9 Å². The summed E-state index contributed by atoms with van der Waals surface area (Å²) < 4.78 is 2.02. The Kier molecular flexibility index (Phi) is 11.7. The summed E-state index contributed by atoms with van der Waals surface area (Å²) in [5.74, 6) is 1.74. The molecule has 0 atom stereocenters. The summed E-state index contributed by atoms with van der Waals surface area (Å²) in [6, 6.07) is 8.57. The molecule has 8 nitrogen and oxygen atoms in total. The number of nitro groups is 1. The van der Waals surface area contributed by atoms with Gasteiger partial charge in [-0.15, -0.1) is 24.0 Å². The van der Waals surface area contributed by atoms with E-state index in [4.69, 9.17) is 0 Å². The van der Waals surface area contributed by atoms with E-state index >= 15 is 0 Å². The van der Waals surface area contributed by atoms with Crippen molar-refractivity contribution in [2.45, 2.75) is 33.4 Å². The topological polar surface area (TPSA) is 97.4 Å². The molecule has 1 aromatic heterocycles. The molecule has 0 bridgehead atoms. The predicted octanol–water partition coefficient (Wildman–Crippen LogP) is 3.51. The minimum Gasteiger partial charge on any atom is -0.356 e. The molecule has 0 spiro atoms. The number of benzene rings is 1. The van der Waals surface area contributed by atoms with Gasteiger partial charge in [0, 0.05) is 43.2 Å². The fourth-order valence-electron chi connectivity index (χ4n) is 2.68. The van der Waals surface area contributed by atoms with Crippen molar-refractivity contribution in [3.8, 4) is 0 Å². The summed E-state index contributed by atoms with van der Waals surface area (Å²) in [6.45, 7) is 6.99. The molecule has 2 aromatic rings. The standard InChI is InChI=1S/C19H28N6O2S.HI/c1-15-13-16(2)24(23-15)11-4-9-20-19(21-10-12-28-3)22-14-17-5-7-18(8-6-17)25(26)27;/h5-8,13H,4,9-12,14H2,1-3H3,(H2,20,21,22);1H. The van der Waals surface area contributed by atoms with Crippen LogP contribution in [0.2, 0.25) is 0 Å². The highest BCUT2D eigenvalue weighted by molar-refractivity contribution is 14.0. The van der Waals surface area contributed by atoms with E-state index in [0.717, 1.165) is 49.0 Å². The number of aromatic nitrogens is 2. The number of halogens is 1. The largest absolute Gasteiger partial charge is 0.356 e. The summed E-state index contributed by atoms with van der Waals surface area (Å²) >= 11 is 1.77. The summed E-state index contributed by atoms with van der Waals surface area (Å²) in [4.78, 5) is 14.9. The van der Waals surface area contributed by atoms with Gasteiger partial charge in [0.25, 0.3) is 5.69 Å². The van der Waals surface area contributed by atoms with Crippen LogP contribution in [0.4, 0.5) is 5.69 Å². The number of aliphatic imine (C=N–C) groups is 1. The third kappa shape index (κ3) is 9.03. The van der Waals surface area contributed by atoms with E-state index in [1.165, 1.54) is 17.8 Å². The van der Waals surface area contributed by atoms with E-state index in [9.17, 15) is 10.1 Å². The molecule has 0 aliphatic rings. The van der Waals surface area contributed by atoms with Gasteiger partial charge in [0.2, 0.25) is 0 Å². The molecule has 2 rings (SSSR count). The lowest BCUT2D eigenvalue weighted by molar-refractivity contribution is -0.384. The average molecular weight is 532 g/mol. The molecule has 0 radical (unpaired) electrons. The molecule has 29 heavy (non-hydrogen) atoms. The molecule has 0 saturated carbocycles. The highest BCUT2D eigenvalue weighted by Crippen LogP contribution is 2.12. The molecule has 1 heterocycles. The SMILES string of the molecule is CSCCNC(=NCc1ccc([N+](=O)[O-])cc1)NCCCn1nc(C)cc1C.I. The van der Waals surface area contributed by atoms with Crippen LogP contribution in [0.5, 0.6) is 0 Å². The zero-order valence-electron chi connectivity index (χ0n) is 17.1. The van der Waals surface area contributed by atoms with Crippen LogP contribution in [0, 0.1) is 24.0 Å². The number of thioether (sulfide) groups is 1. The van der Waals surface area contributed by atoms with Gasteiger partial charge in [-0.05, 0) is 38.2 Å². The lowest BCUT2D eigenvalue weighted by Crippen LogP contribution is -2.39. The van der Waals surface area contributed by atoms with Crippen LogP contribution >= 0.6 is 35.7 Å².